The minimum atomic E-state index is -4.92. The molecule has 260 valence electrons. The van der Waals surface area contributed by atoms with Crippen LogP contribution in [0.15, 0.2) is 40.9 Å². The van der Waals surface area contributed by atoms with E-state index < -0.39 is 29.6 Å². The predicted molar refractivity (Wildman–Crippen MR) is 168 cm³/mol. The number of rotatable bonds is 9. The van der Waals surface area contributed by atoms with Crippen molar-refractivity contribution in [2.24, 2.45) is 5.92 Å². The number of benzene rings is 2. The van der Waals surface area contributed by atoms with Gasteiger partial charge in [0.2, 0.25) is 5.88 Å². The van der Waals surface area contributed by atoms with Gasteiger partial charge in [-0.25, -0.2) is 4.79 Å². The van der Waals surface area contributed by atoms with Crippen LogP contribution in [-0.4, -0.2) is 34.6 Å². The molecule has 2 aliphatic carbocycles. The smallest absolute Gasteiger partial charge is 0.450 e. The molecule has 47 heavy (non-hydrogen) atoms. The van der Waals surface area contributed by atoms with Gasteiger partial charge in [-0.15, -0.1) is 12.4 Å². The normalized spacial score (nSPS) is 14.9. The van der Waals surface area contributed by atoms with Crippen LogP contribution in [0, 0.1) is 12.8 Å². The van der Waals surface area contributed by atoms with Gasteiger partial charge in [-0.2, -0.15) is 26.3 Å². The molecule has 1 heterocycles. The summed E-state index contributed by atoms with van der Waals surface area (Å²) in [5.41, 5.74) is 2.41. The van der Waals surface area contributed by atoms with Gasteiger partial charge < -0.3 is 24.5 Å². The molecule has 2 aliphatic rings. The van der Waals surface area contributed by atoms with Gasteiger partial charge >= 0.3 is 18.5 Å². The molecule has 1 saturated carbocycles. The van der Waals surface area contributed by atoms with E-state index >= 15 is 0 Å². The third-order valence-corrected chi connectivity index (χ3v) is 8.53. The summed E-state index contributed by atoms with van der Waals surface area (Å²) in [6.45, 7) is 5.60. The summed E-state index contributed by atoms with van der Waals surface area (Å²) in [5, 5.41) is 17.9. The van der Waals surface area contributed by atoms with Gasteiger partial charge in [0.05, 0.1) is 16.8 Å². The van der Waals surface area contributed by atoms with Crippen LogP contribution in [-0.2, 0) is 38.3 Å². The number of halogens is 7. The van der Waals surface area contributed by atoms with E-state index in [-0.39, 0.29) is 37.1 Å². The van der Waals surface area contributed by atoms with Crippen LogP contribution in [0.1, 0.15) is 84.5 Å². The molecule has 0 amide bonds. The summed E-state index contributed by atoms with van der Waals surface area (Å²) < 4.78 is 87.3. The third kappa shape index (κ3) is 10.4. The molecule has 0 radical (unpaired) electrons. The molecule has 7 nitrogen and oxygen atoms in total. The van der Waals surface area contributed by atoms with Crippen molar-refractivity contribution in [1.29, 1.82) is 0 Å². The van der Waals surface area contributed by atoms with E-state index in [1.54, 1.807) is 17.9 Å². The van der Waals surface area contributed by atoms with E-state index in [0.29, 0.717) is 17.5 Å². The van der Waals surface area contributed by atoms with Gasteiger partial charge in [0.1, 0.15) is 0 Å². The third-order valence-electron chi connectivity index (χ3n) is 8.53. The maximum Gasteiger partial charge on any atom is 0.503 e. The first-order valence-electron chi connectivity index (χ1n) is 15.4. The Balaban J connectivity index is 0.00000114. The van der Waals surface area contributed by atoms with Crippen LogP contribution >= 0.6 is 12.4 Å². The Morgan fingerprint density at radius 3 is 1.94 bits per heavy atom. The number of fused-ring (bicyclic) bond motifs is 1. The molecule has 0 saturated heterocycles. The van der Waals surface area contributed by atoms with Crippen molar-refractivity contribution in [2.75, 3.05) is 22.9 Å². The predicted octanol–water partition coefficient (Wildman–Crippen LogP) is 9.77. The quantitative estimate of drug-likeness (QED) is 0.216. The SMILES string of the molecule is CCN(CC1CCCCC1)c1cc2c(cc1CN(Cc1cc(C(F)(F)F)cc(C(F)(F)F)c1)c1cc(C)no1)CCC2.Cl.O=C(O)O. The number of hydrogen-bond donors (Lipinski definition) is 2. The van der Waals surface area contributed by atoms with Crippen molar-refractivity contribution >= 4 is 30.1 Å². The second kappa shape index (κ2) is 16.0. The highest BCUT2D eigenvalue weighted by Gasteiger charge is 2.37. The zero-order valence-corrected chi connectivity index (χ0v) is 27.1. The van der Waals surface area contributed by atoms with Crippen LogP contribution < -0.4 is 9.80 Å². The van der Waals surface area contributed by atoms with Gasteiger partial charge in [0, 0.05) is 37.9 Å². The molecule has 0 atom stereocenters. The molecule has 5 rings (SSSR count). The fraction of sp³-hybridized carbons (Fsp3) is 0.515. The summed E-state index contributed by atoms with van der Waals surface area (Å²) in [6.07, 6.45) is -2.56. The van der Waals surface area contributed by atoms with Crippen LogP contribution in [0.4, 0.5) is 42.7 Å². The Hall–Kier alpha value is -3.61. The van der Waals surface area contributed by atoms with E-state index in [1.165, 1.54) is 43.2 Å². The number of anilines is 2. The number of nitrogens with zero attached hydrogens (tertiary/aromatic N) is 3. The Kier molecular flexibility index (Phi) is 12.9. The molecular weight excluding hydrogens is 652 g/mol. The lowest BCUT2D eigenvalue weighted by molar-refractivity contribution is -0.143. The van der Waals surface area contributed by atoms with E-state index in [1.807, 2.05) is 0 Å². The minimum Gasteiger partial charge on any atom is -0.450 e. The number of aromatic nitrogens is 1. The van der Waals surface area contributed by atoms with Gasteiger partial charge in [0.25, 0.3) is 0 Å². The Morgan fingerprint density at radius 1 is 0.851 bits per heavy atom. The standard InChI is InChI=1S/C32H37F6N3O.CH2O3.ClH/c1-3-40(18-22-8-5-4-6-9-22)29-16-25-11-7-10-24(25)15-26(29)20-41(30-12-21(2)39-42-30)19-23-13-27(31(33,34)35)17-28(14-23)32(36,37)38;2-1(3)4;/h12-17,22H,3-11,18-20H2,1-2H3;(H2,2,3,4);1H. The molecule has 14 heteroatoms. The average Bonchev–Trinajstić information content (AvgIpc) is 3.63. The zero-order valence-electron chi connectivity index (χ0n) is 26.3. The minimum absolute atomic E-state index is 0. The fourth-order valence-corrected chi connectivity index (χ4v) is 6.41. The summed E-state index contributed by atoms with van der Waals surface area (Å²) >= 11 is 0. The largest absolute Gasteiger partial charge is 0.503 e. The van der Waals surface area contributed by atoms with E-state index in [0.717, 1.165) is 55.7 Å². The number of hydrogen-bond acceptors (Lipinski definition) is 5. The Labute approximate surface area is 275 Å². The molecule has 0 aliphatic heterocycles. The highest BCUT2D eigenvalue weighted by Crippen LogP contribution is 2.38. The van der Waals surface area contributed by atoms with E-state index in [4.69, 9.17) is 19.5 Å². The van der Waals surface area contributed by atoms with E-state index in [2.05, 4.69) is 29.1 Å². The highest BCUT2D eigenvalue weighted by molar-refractivity contribution is 5.85. The number of carboxylic acid groups (broad SMARTS) is 2. The lowest BCUT2D eigenvalue weighted by Gasteiger charge is -2.33. The van der Waals surface area contributed by atoms with Crippen molar-refractivity contribution < 1.29 is 45.9 Å². The number of aryl methyl sites for hydroxylation is 3. The first-order chi connectivity index (χ1) is 21.6. The van der Waals surface area contributed by atoms with Crippen molar-refractivity contribution in [2.45, 2.75) is 90.7 Å². The van der Waals surface area contributed by atoms with E-state index in [9.17, 15) is 26.3 Å². The summed E-state index contributed by atoms with van der Waals surface area (Å²) in [6, 6.07) is 7.82. The van der Waals surface area contributed by atoms with Gasteiger partial charge in [-0.1, -0.05) is 30.5 Å². The Morgan fingerprint density at radius 2 is 1.43 bits per heavy atom. The average molecular weight is 692 g/mol. The summed E-state index contributed by atoms with van der Waals surface area (Å²) in [5.74, 6) is 0.888. The van der Waals surface area contributed by atoms with Gasteiger partial charge in [-0.05, 0) is 98.4 Å². The molecule has 0 bridgehead atoms. The zero-order chi connectivity index (χ0) is 33.6. The fourth-order valence-electron chi connectivity index (χ4n) is 6.41. The van der Waals surface area contributed by atoms with Crippen molar-refractivity contribution in [3.8, 4) is 0 Å². The van der Waals surface area contributed by atoms with Crippen LogP contribution in [0.5, 0.6) is 0 Å². The maximum atomic E-state index is 13.6. The maximum absolute atomic E-state index is 13.6. The van der Waals surface area contributed by atoms with Crippen molar-refractivity contribution in [3.63, 3.8) is 0 Å². The number of alkyl halides is 6. The van der Waals surface area contributed by atoms with Crippen molar-refractivity contribution in [1.82, 2.24) is 5.16 Å². The lowest BCUT2D eigenvalue weighted by atomic mass is 9.88. The van der Waals surface area contributed by atoms with Gasteiger partial charge in [0.15, 0.2) is 0 Å². The molecular formula is C33H40ClF6N3O4. The van der Waals surface area contributed by atoms with Gasteiger partial charge in [-0.3, -0.25) is 0 Å². The molecule has 1 fully saturated rings. The number of carbonyl (C=O) groups is 1. The summed E-state index contributed by atoms with van der Waals surface area (Å²) in [4.78, 5) is 12.6. The molecule has 2 aromatic carbocycles. The Bertz CT molecular complexity index is 1450. The molecule has 0 unspecified atom stereocenters. The van der Waals surface area contributed by atoms with Crippen LogP contribution in [0.25, 0.3) is 0 Å². The topological polar surface area (TPSA) is 90.0 Å². The molecule has 3 aromatic rings. The first-order valence-corrected chi connectivity index (χ1v) is 15.4. The molecule has 0 spiro atoms. The highest BCUT2D eigenvalue weighted by atomic mass is 35.5. The van der Waals surface area contributed by atoms with Crippen molar-refractivity contribution in [3.05, 3.63) is 75.5 Å². The second-order valence-corrected chi connectivity index (χ2v) is 12.0. The first kappa shape index (κ1) is 37.8. The second-order valence-electron chi connectivity index (χ2n) is 12.0. The molecule has 1 aromatic heterocycles. The molecule has 2 N–H and O–H groups in total. The lowest BCUT2D eigenvalue weighted by Crippen LogP contribution is -2.32. The van der Waals surface area contributed by atoms with Crippen LogP contribution in [0.2, 0.25) is 0 Å². The monoisotopic (exact) mass is 691 g/mol. The van der Waals surface area contributed by atoms with Crippen LogP contribution in [0.3, 0.4) is 0 Å². The summed E-state index contributed by atoms with van der Waals surface area (Å²) in [7, 11) is 0.